The van der Waals surface area contributed by atoms with Gasteiger partial charge in [0.05, 0.1) is 6.20 Å². The van der Waals surface area contributed by atoms with E-state index in [0.717, 1.165) is 25.1 Å². The first-order valence-electron chi connectivity index (χ1n) is 5.09. The number of hydrogen-bond acceptors (Lipinski definition) is 2. The van der Waals surface area contributed by atoms with E-state index >= 15 is 0 Å². The minimum atomic E-state index is -0.161. The summed E-state index contributed by atoms with van der Waals surface area (Å²) < 4.78 is 13.5. The molecule has 1 aliphatic rings. The summed E-state index contributed by atoms with van der Waals surface area (Å²) in [4.78, 5) is 3.77. The van der Waals surface area contributed by atoms with E-state index in [4.69, 9.17) is 0 Å². The van der Waals surface area contributed by atoms with Gasteiger partial charge in [-0.2, -0.15) is 0 Å². The monoisotopic (exact) mass is 194 g/mol. The molecule has 0 saturated carbocycles. The number of rotatable bonds is 1. The maximum absolute atomic E-state index is 13.5. The zero-order valence-electron chi connectivity index (χ0n) is 8.33. The zero-order chi connectivity index (χ0) is 9.97. The molecule has 0 aromatic carbocycles. The Morgan fingerprint density at radius 2 is 2.43 bits per heavy atom. The smallest absolute Gasteiger partial charge is 0.144 e. The molecule has 0 aliphatic carbocycles. The van der Waals surface area contributed by atoms with Gasteiger partial charge in [-0.25, -0.2) is 4.39 Å². The molecule has 2 atom stereocenters. The van der Waals surface area contributed by atoms with Crippen molar-refractivity contribution >= 4 is 0 Å². The molecule has 1 aromatic rings. The van der Waals surface area contributed by atoms with Crippen LogP contribution >= 0.6 is 0 Å². The first kappa shape index (κ1) is 9.59. The lowest BCUT2D eigenvalue weighted by Crippen LogP contribution is -2.34. The molecule has 2 unspecified atom stereocenters. The van der Waals surface area contributed by atoms with Gasteiger partial charge in [-0.05, 0) is 43.0 Å². The van der Waals surface area contributed by atoms with Crippen LogP contribution < -0.4 is 5.32 Å². The van der Waals surface area contributed by atoms with E-state index in [0.29, 0.717) is 11.8 Å². The molecule has 1 fully saturated rings. The Balaban J connectivity index is 2.25. The standard InChI is InChI=1S/C11H15FN2/c1-8-6-13-4-2-9(8)10-3-5-14-7-11(10)12/h3,5,7-9,13H,2,4,6H2,1H3. The van der Waals surface area contributed by atoms with Crippen LogP contribution in [0.25, 0.3) is 0 Å². The lowest BCUT2D eigenvalue weighted by atomic mass is 9.82. The highest BCUT2D eigenvalue weighted by molar-refractivity contribution is 5.19. The van der Waals surface area contributed by atoms with Gasteiger partial charge in [0.2, 0.25) is 0 Å². The number of nitrogens with zero attached hydrogens (tertiary/aromatic N) is 1. The Kier molecular flexibility index (Phi) is 2.77. The largest absolute Gasteiger partial charge is 0.316 e. The molecule has 0 spiro atoms. The lowest BCUT2D eigenvalue weighted by Gasteiger charge is -2.29. The number of halogens is 1. The third-order valence-electron chi connectivity index (χ3n) is 2.99. The Hall–Kier alpha value is -0.960. The fraction of sp³-hybridized carbons (Fsp3) is 0.545. The van der Waals surface area contributed by atoms with Crippen molar-refractivity contribution in [3.05, 3.63) is 29.8 Å². The normalized spacial score (nSPS) is 27.6. The minimum absolute atomic E-state index is 0.161. The minimum Gasteiger partial charge on any atom is -0.316 e. The summed E-state index contributed by atoms with van der Waals surface area (Å²) in [6.07, 6.45) is 4.00. The molecule has 2 rings (SSSR count). The number of hydrogen-bond donors (Lipinski definition) is 1. The third kappa shape index (κ3) is 1.77. The summed E-state index contributed by atoms with van der Waals surface area (Å²) in [6.45, 7) is 4.12. The second-order valence-corrected chi connectivity index (χ2v) is 3.97. The van der Waals surface area contributed by atoms with E-state index in [1.165, 1.54) is 6.20 Å². The van der Waals surface area contributed by atoms with E-state index in [1.807, 2.05) is 6.07 Å². The molecule has 0 amide bonds. The molecular weight excluding hydrogens is 179 g/mol. The SMILES string of the molecule is CC1CNCCC1c1ccncc1F. The van der Waals surface area contributed by atoms with Crippen LogP contribution in [0.15, 0.2) is 18.5 Å². The number of nitrogens with one attached hydrogen (secondary N) is 1. The molecule has 1 N–H and O–H groups in total. The van der Waals surface area contributed by atoms with Gasteiger partial charge in [0.15, 0.2) is 0 Å². The quantitative estimate of drug-likeness (QED) is 0.739. The highest BCUT2D eigenvalue weighted by Gasteiger charge is 2.24. The maximum Gasteiger partial charge on any atom is 0.144 e. The molecule has 1 aliphatic heterocycles. The maximum atomic E-state index is 13.5. The number of piperidine rings is 1. The van der Waals surface area contributed by atoms with Crippen molar-refractivity contribution in [1.82, 2.24) is 10.3 Å². The first-order valence-corrected chi connectivity index (χ1v) is 5.09. The predicted octanol–water partition coefficient (Wildman–Crippen LogP) is 1.93. The van der Waals surface area contributed by atoms with E-state index in [1.54, 1.807) is 6.20 Å². The van der Waals surface area contributed by atoms with Crippen LogP contribution in [0.5, 0.6) is 0 Å². The van der Waals surface area contributed by atoms with Crippen LogP contribution in [0.4, 0.5) is 4.39 Å². The summed E-state index contributed by atoms with van der Waals surface area (Å²) in [5.41, 5.74) is 0.828. The van der Waals surface area contributed by atoms with Crippen molar-refractivity contribution in [3.63, 3.8) is 0 Å². The van der Waals surface area contributed by atoms with Gasteiger partial charge in [0.1, 0.15) is 5.82 Å². The van der Waals surface area contributed by atoms with Gasteiger partial charge in [-0.1, -0.05) is 6.92 Å². The van der Waals surface area contributed by atoms with Crippen molar-refractivity contribution < 1.29 is 4.39 Å². The second-order valence-electron chi connectivity index (χ2n) is 3.97. The summed E-state index contributed by atoms with van der Waals surface area (Å²) in [6, 6.07) is 1.81. The van der Waals surface area contributed by atoms with Crippen LogP contribution in [0, 0.1) is 11.7 Å². The van der Waals surface area contributed by atoms with Gasteiger partial charge < -0.3 is 5.32 Å². The summed E-state index contributed by atoms with van der Waals surface area (Å²) in [7, 11) is 0. The highest BCUT2D eigenvalue weighted by Crippen LogP contribution is 2.30. The summed E-state index contributed by atoms with van der Waals surface area (Å²) >= 11 is 0. The molecule has 14 heavy (non-hydrogen) atoms. The molecule has 2 heterocycles. The van der Waals surface area contributed by atoms with Gasteiger partial charge >= 0.3 is 0 Å². The van der Waals surface area contributed by atoms with E-state index in [-0.39, 0.29) is 5.82 Å². The van der Waals surface area contributed by atoms with Crippen LogP contribution in [-0.4, -0.2) is 18.1 Å². The molecule has 3 heteroatoms. The fourth-order valence-corrected chi connectivity index (χ4v) is 2.16. The molecule has 1 aromatic heterocycles. The van der Waals surface area contributed by atoms with Gasteiger partial charge in [0, 0.05) is 6.20 Å². The van der Waals surface area contributed by atoms with E-state index in [9.17, 15) is 4.39 Å². The van der Waals surface area contributed by atoms with E-state index in [2.05, 4.69) is 17.2 Å². The van der Waals surface area contributed by atoms with Crippen LogP contribution in [-0.2, 0) is 0 Å². The van der Waals surface area contributed by atoms with Crippen molar-refractivity contribution in [3.8, 4) is 0 Å². The molecule has 76 valence electrons. The highest BCUT2D eigenvalue weighted by atomic mass is 19.1. The van der Waals surface area contributed by atoms with Crippen molar-refractivity contribution in [2.24, 2.45) is 5.92 Å². The molecule has 2 nitrogen and oxygen atoms in total. The van der Waals surface area contributed by atoms with Crippen molar-refractivity contribution in [2.45, 2.75) is 19.3 Å². The summed E-state index contributed by atoms with van der Waals surface area (Å²) in [5.74, 6) is 0.686. The first-order chi connectivity index (χ1) is 6.79. The average molecular weight is 194 g/mol. The second kappa shape index (κ2) is 4.05. The molecule has 0 radical (unpaired) electrons. The predicted molar refractivity (Wildman–Crippen MR) is 53.6 cm³/mol. The Morgan fingerprint density at radius 1 is 1.57 bits per heavy atom. The van der Waals surface area contributed by atoms with Gasteiger partial charge in [0.25, 0.3) is 0 Å². The fourth-order valence-electron chi connectivity index (χ4n) is 2.16. The molecule has 1 saturated heterocycles. The lowest BCUT2D eigenvalue weighted by molar-refractivity contribution is 0.341. The van der Waals surface area contributed by atoms with Crippen molar-refractivity contribution in [1.29, 1.82) is 0 Å². The zero-order valence-corrected chi connectivity index (χ0v) is 8.33. The topological polar surface area (TPSA) is 24.9 Å². The number of aromatic nitrogens is 1. The summed E-state index contributed by atoms with van der Waals surface area (Å²) in [5, 5.41) is 3.32. The van der Waals surface area contributed by atoms with E-state index < -0.39 is 0 Å². The average Bonchev–Trinajstić information content (AvgIpc) is 2.20. The Bertz CT molecular complexity index is 314. The Morgan fingerprint density at radius 3 is 3.14 bits per heavy atom. The number of pyridine rings is 1. The third-order valence-corrected chi connectivity index (χ3v) is 2.99. The van der Waals surface area contributed by atoms with Gasteiger partial charge in [-0.3, -0.25) is 4.98 Å². The molecular formula is C11H15FN2. The van der Waals surface area contributed by atoms with Crippen LogP contribution in [0.2, 0.25) is 0 Å². The Labute approximate surface area is 83.6 Å². The van der Waals surface area contributed by atoms with Crippen LogP contribution in [0.3, 0.4) is 0 Å². The molecule has 0 bridgehead atoms. The van der Waals surface area contributed by atoms with Crippen molar-refractivity contribution in [2.75, 3.05) is 13.1 Å². The van der Waals surface area contributed by atoms with Crippen LogP contribution in [0.1, 0.15) is 24.8 Å². The van der Waals surface area contributed by atoms with Gasteiger partial charge in [-0.15, -0.1) is 0 Å².